The maximum atomic E-state index is 14.1. The molecule has 21 heavy (non-hydrogen) atoms. The highest BCUT2D eigenvalue weighted by Crippen LogP contribution is 2.39. The zero-order valence-corrected chi connectivity index (χ0v) is 16.3. The Labute approximate surface area is 132 Å². The molecule has 0 fully saturated rings. The highest BCUT2D eigenvalue weighted by atomic mass is 32.2. The number of hydrogen-bond acceptors (Lipinski definition) is 4. The molecule has 0 amide bonds. The first-order chi connectivity index (χ1) is 9.08. The molecule has 0 radical (unpaired) electrons. The minimum absolute atomic E-state index is 0.0792. The summed E-state index contributed by atoms with van der Waals surface area (Å²) in [4.78, 5) is 0.388. The summed E-state index contributed by atoms with van der Waals surface area (Å²) >= 11 is 0.928. The van der Waals surface area contributed by atoms with Gasteiger partial charge in [0.1, 0.15) is 14.1 Å². The second kappa shape index (κ2) is 5.41. The summed E-state index contributed by atoms with van der Waals surface area (Å²) in [6.07, 6.45) is 0. The van der Waals surface area contributed by atoms with E-state index < -0.39 is 29.6 Å². The standard InChI is InChI=1S/C13H25FN2O2S2Si/c1-12(2,3)21(6,7)16-20(15,18)11-9(14)8-10(19-11)13(4,5)17/h8,17H,1-7H3,(H2,15,16,18). The lowest BCUT2D eigenvalue weighted by molar-refractivity contribution is 0.0823. The molecular formula is C13H25FN2O2S2Si. The van der Waals surface area contributed by atoms with Crippen LogP contribution in [0.5, 0.6) is 0 Å². The Morgan fingerprint density at radius 2 is 1.81 bits per heavy atom. The predicted octanol–water partition coefficient (Wildman–Crippen LogP) is 3.82. The molecule has 0 saturated carbocycles. The molecule has 4 nitrogen and oxygen atoms in total. The van der Waals surface area contributed by atoms with Gasteiger partial charge in [0.25, 0.3) is 0 Å². The number of aliphatic hydroxyl groups is 1. The first-order valence-corrected chi connectivity index (χ1v) is 12.0. The zero-order chi connectivity index (χ0) is 16.9. The second-order valence-electron chi connectivity index (χ2n) is 7.27. The van der Waals surface area contributed by atoms with Gasteiger partial charge in [-0.1, -0.05) is 20.8 Å². The Morgan fingerprint density at radius 1 is 1.33 bits per heavy atom. The first kappa shape index (κ1) is 18.8. The van der Waals surface area contributed by atoms with Gasteiger partial charge in [-0.3, -0.25) is 4.03 Å². The third kappa shape index (κ3) is 4.13. The van der Waals surface area contributed by atoms with Crippen LogP contribution in [0, 0.1) is 5.82 Å². The van der Waals surface area contributed by atoms with Crippen LogP contribution in [0.1, 0.15) is 39.5 Å². The fraction of sp³-hybridized carbons (Fsp3) is 0.692. The third-order valence-corrected chi connectivity index (χ3v) is 13.2. The zero-order valence-electron chi connectivity index (χ0n) is 13.7. The van der Waals surface area contributed by atoms with E-state index in [1.54, 1.807) is 13.8 Å². The van der Waals surface area contributed by atoms with Crippen LogP contribution >= 0.6 is 11.3 Å². The molecule has 0 bridgehead atoms. The monoisotopic (exact) mass is 352 g/mol. The molecule has 8 heteroatoms. The van der Waals surface area contributed by atoms with E-state index in [2.05, 4.69) is 4.03 Å². The SMILES string of the molecule is CC(C)(O)c1cc(F)c(S(N)(=O)=N[Si](C)(C)C(C)(C)C)s1. The second-order valence-corrected chi connectivity index (χ2v) is 15.5. The largest absolute Gasteiger partial charge is 0.385 e. The smallest absolute Gasteiger partial charge is 0.195 e. The fourth-order valence-electron chi connectivity index (χ4n) is 1.37. The maximum Gasteiger partial charge on any atom is 0.195 e. The Balaban J connectivity index is 3.46. The van der Waals surface area contributed by atoms with Crippen LogP contribution in [0.2, 0.25) is 18.1 Å². The molecule has 1 unspecified atom stereocenters. The van der Waals surface area contributed by atoms with Crippen LogP contribution in [0.3, 0.4) is 0 Å². The topological polar surface area (TPSA) is 75.7 Å². The van der Waals surface area contributed by atoms with Crippen molar-refractivity contribution < 1.29 is 13.7 Å². The van der Waals surface area contributed by atoms with Crippen molar-refractivity contribution in [3.8, 4) is 0 Å². The summed E-state index contributed by atoms with van der Waals surface area (Å²) in [6.45, 7) is 13.1. The van der Waals surface area contributed by atoms with Gasteiger partial charge >= 0.3 is 0 Å². The van der Waals surface area contributed by atoms with Crippen LogP contribution in [0.4, 0.5) is 4.39 Å². The number of rotatable bonds is 3. The lowest BCUT2D eigenvalue weighted by atomic mass is 10.1. The van der Waals surface area contributed by atoms with Gasteiger partial charge in [-0.15, -0.1) is 11.3 Å². The molecule has 1 heterocycles. The maximum absolute atomic E-state index is 14.1. The quantitative estimate of drug-likeness (QED) is 0.811. The summed E-state index contributed by atoms with van der Waals surface area (Å²) in [5, 5.41) is 15.7. The number of hydrogen-bond donors (Lipinski definition) is 2. The van der Waals surface area contributed by atoms with Gasteiger partial charge in [-0.25, -0.2) is 13.7 Å². The molecule has 122 valence electrons. The molecule has 3 N–H and O–H groups in total. The van der Waals surface area contributed by atoms with Crippen molar-refractivity contribution in [2.75, 3.05) is 0 Å². The number of nitrogens with zero attached hydrogens (tertiary/aromatic N) is 1. The molecule has 1 aromatic rings. The Kier molecular flexibility index (Phi) is 4.84. The van der Waals surface area contributed by atoms with E-state index in [1.807, 2.05) is 33.9 Å². The van der Waals surface area contributed by atoms with Crippen LogP contribution < -0.4 is 5.14 Å². The van der Waals surface area contributed by atoms with Crippen LogP contribution in [0.25, 0.3) is 0 Å². The predicted molar refractivity (Wildman–Crippen MR) is 89.7 cm³/mol. The van der Waals surface area contributed by atoms with E-state index in [-0.39, 0.29) is 9.25 Å². The van der Waals surface area contributed by atoms with Crippen molar-refractivity contribution in [1.82, 2.24) is 0 Å². The van der Waals surface area contributed by atoms with Crippen molar-refractivity contribution in [3.63, 3.8) is 0 Å². The van der Waals surface area contributed by atoms with Gasteiger partial charge in [0, 0.05) is 4.88 Å². The Hall–Kier alpha value is -0.283. The first-order valence-electron chi connectivity index (χ1n) is 6.66. The molecule has 0 saturated heterocycles. The van der Waals surface area contributed by atoms with Crippen molar-refractivity contribution >= 4 is 29.5 Å². The van der Waals surface area contributed by atoms with Gasteiger partial charge in [-0.2, -0.15) is 0 Å². The Morgan fingerprint density at radius 3 is 2.14 bits per heavy atom. The molecule has 1 aromatic heterocycles. The van der Waals surface area contributed by atoms with Crippen molar-refractivity contribution in [1.29, 1.82) is 0 Å². The lowest BCUT2D eigenvalue weighted by Crippen LogP contribution is -2.37. The van der Waals surface area contributed by atoms with E-state index >= 15 is 0 Å². The van der Waals surface area contributed by atoms with Gasteiger partial charge in [0.2, 0.25) is 0 Å². The summed E-state index contributed by atoms with van der Waals surface area (Å²) in [6, 6.07) is 1.19. The van der Waals surface area contributed by atoms with Crippen molar-refractivity contribution in [3.05, 3.63) is 16.8 Å². The van der Waals surface area contributed by atoms with Crippen LogP contribution in [-0.2, 0) is 15.5 Å². The summed E-state index contributed by atoms with van der Waals surface area (Å²) in [5.41, 5.74) is -1.20. The van der Waals surface area contributed by atoms with Crippen LogP contribution in [0.15, 0.2) is 14.3 Å². The van der Waals surface area contributed by atoms with Gasteiger partial charge in [0.15, 0.2) is 14.1 Å². The van der Waals surface area contributed by atoms with E-state index in [1.165, 1.54) is 6.07 Å². The molecule has 0 aliphatic rings. The summed E-state index contributed by atoms with van der Waals surface area (Å²) in [7, 11) is -5.58. The molecular weight excluding hydrogens is 327 g/mol. The van der Waals surface area contributed by atoms with E-state index in [0.717, 1.165) is 11.3 Å². The van der Waals surface area contributed by atoms with Gasteiger partial charge in [0.05, 0.1) is 5.60 Å². The van der Waals surface area contributed by atoms with Gasteiger partial charge in [-0.05, 0) is 38.0 Å². The highest BCUT2D eigenvalue weighted by Gasteiger charge is 2.38. The van der Waals surface area contributed by atoms with Crippen molar-refractivity contribution in [2.45, 2.75) is 62.6 Å². The average Bonchev–Trinajstić information content (AvgIpc) is 2.56. The average molecular weight is 353 g/mol. The minimum atomic E-state index is -3.30. The third-order valence-electron chi connectivity index (χ3n) is 3.72. The molecule has 0 aliphatic heterocycles. The highest BCUT2D eigenvalue weighted by molar-refractivity contribution is 7.94. The van der Waals surface area contributed by atoms with E-state index in [9.17, 15) is 13.7 Å². The number of nitrogens with two attached hydrogens (primary N) is 1. The van der Waals surface area contributed by atoms with Crippen molar-refractivity contribution in [2.24, 2.45) is 9.17 Å². The normalized spacial score (nSPS) is 16.7. The fourth-order valence-corrected chi connectivity index (χ4v) is 7.70. The van der Waals surface area contributed by atoms with E-state index in [4.69, 9.17) is 5.14 Å². The number of thiophene rings is 1. The lowest BCUT2D eigenvalue weighted by Gasteiger charge is -2.32. The van der Waals surface area contributed by atoms with Crippen LogP contribution in [-0.4, -0.2) is 17.6 Å². The Bertz CT molecular complexity index is 648. The minimum Gasteiger partial charge on any atom is -0.385 e. The summed E-state index contributed by atoms with van der Waals surface area (Å²) in [5.74, 6) is -0.660. The molecule has 0 spiro atoms. The molecule has 0 aromatic carbocycles. The molecule has 1 rings (SSSR count). The summed E-state index contributed by atoms with van der Waals surface area (Å²) < 4.78 is 31.1. The molecule has 1 atom stereocenters. The van der Waals surface area contributed by atoms with Gasteiger partial charge < -0.3 is 5.11 Å². The van der Waals surface area contributed by atoms with E-state index in [0.29, 0.717) is 4.88 Å². The molecule has 0 aliphatic carbocycles. The number of halogens is 1.